The summed E-state index contributed by atoms with van der Waals surface area (Å²) in [5, 5.41) is 11.3. The fourth-order valence-corrected chi connectivity index (χ4v) is 2.56. The van der Waals surface area contributed by atoms with Gasteiger partial charge in [-0.15, -0.1) is 0 Å². The van der Waals surface area contributed by atoms with Crippen LogP contribution in [-0.2, 0) is 0 Å². The average Bonchev–Trinajstić information content (AvgIpc) is 2.64. The van der Waals surface area contributed by atoms with Gasteiger partial charge >= 0.3 is 0 Å². The van der Waals surface area contributed by atoms with Crippen LogP contribution in [0.25, 0.3) is 12.2 Å². The fraction of sp³-hybridized carbons (Fsp3) is 0.263. The Kier molecular flexibility index (Phi) is 6.06. The summed E-state index contributed by atoms with van der Waals surface area (Å²) in [7, 11) is 8.19. The van der Waals surface area contributed by atoms with Crippen LogP contribution < -0.4 is 19.1 Å². The second kappa shape index (κ2) is 8.24. The van der Waals surface area contributed by atoms with Gasteiger partial charge < -0.3 is 19.1 Å². The number of nitrogens with zero attached hydrogens (tertiary/aromatic N) is 2. The van der Waals surface area contributed by atoms with Crippen LogP contribution in [0.1, 0.15) is 11.1 Å². The lowest BCUT2D eigenvalue weighted by molar-refractivity contribution is -0.384. The van der Waals surface area contributed by atoms with E-state index >= 15 is 0 Å². The Morgan fingerprint density at radius 2 is 1.50 bits per heavy atom. The first-order valence-corrected chi connectivity index (χ1v) is 7.85. The molecule has 2 rings (SSSR count). The molecular weight excluding hydrogens is 336 g/mol. The molecule has 0 radical (unpaired) electrons. The molecule has 0 unspecified atom stereocenters. The Balaban J connectivity index is 2.41. The van der Waals surface area contributed by atoms with Gasteiger partial charge in [-0.25, -0.2) is 0 Å². The molecule has 0 atom stereocenters. The molecule has 0 N–H and O–H groups in total. The van der Waals surface area contributed by atoms with Crippen LogP contribution in [-0.4, -0.2) is 40.3 Å². The lowest BCUT2D eigenvalue weighted by Gasteiger charge is -2.13. The van der Waals surface area contributed by atoms with Crippen LogP contribution in [0.4, 0.5) is 11.4 Å². The van der Waals surface area contributed by atoms with Gasteiger partial charge in [-0.1, -0.05) is 18.2 Å². The van der Waals surface area contributed by atoms with Crippen LogP contribution in [0, 0.1) is 10.1 Å². The molecule has 0 saturated carbocycles. The Bertz CT molecular complexity index is 806. The SMILES string of the molecule is COc1cc(/C=C\c2ccc(N(C)C)c([N+](=O)[O-])c2)cc(OC)c1OC. The van der Waals surface area contributed by atoms with Crippen molar-refractivity contribution < 1.29 is 19.1 Å². The first-order valence-electron chi connectivity index (χ1n) is 7.85. The number of benzene rings is 2. The van der Waals surface area contributed by atoms with Crippen LogP contribution >= 0.6 is 0 Å². The minimum absolute atomic E-state index is 0.0574. The van der Waals surface area contributed by atoms with E-state index in [2.05, 4.69) is 0 Å². The number of nitro groups is 1. The quantitative estimate of drug-likeness (QED) is 0.425. The van der Waals surface area contributed by atoms with Crippen molar-refractivity contribution in [2.75, 3.05) is 40.3 Å². The number of rotatable bonds is 7. The Hall–Kier alpha value is -3.22. The zero-order valence-electron chi connectivity index (χ0n) is 15.5. The Morgan fingerprint density at radius 3 is 1.96 bits per heavy atom. The molecule has 2 aromatic rings. The van der Waals surface area contributed by atoms with E-state index in [9.17, 15) is 10.1 Å². The summed E-state index contributed by atoms with van der Waals surface area (Å²) in [4.78, 5) is 12.6. The average molecular weight is 358 g/mol. The first kappa shape index (κ1) is 19.1. The Labute approximate surface area is 152 Å². The predicted molar refractivity (Wildman–Crippen MR) is 102 cm³/mol. The maximum Gasteiger partial charge on any atom is 0.293 e. The molecule has 0 aromatic heterocycles. The van der Waals surface area contributed by atoms with E-state index in [1.807, 2.05) is 12.1 Å². The second-order valence-electron chi connectivity index (χ2n) is 5.69. The van der Waals surface area contributed by atoms with Crippen LogP contribution in [0.3, 0.4) is 0 Å². The van der Waals surface area contributed by atoms with Gasteiger partial charge in [-0.2, -0.15) is 0 Å². The maximum atomic E-state index is 11.3. The molecular formula is C19H22N2O5. The molecule has 7 nitrogen and oxygen atoms in total. The van der Waals surface area contributed by atoms with E-state index in [0.717, 1.165) is 11.1 Å². The molecule has 0 bridgehead atoms. The van der Waals surface area contributed by atoms with E-state index in [4.69, 9.17) is 14.2 Å². The zero-order chi connectivity index (χ0) is 19.3. The monoisotopic (exact) mass is 358 g/mol. The molecule has 0 amide bonds. The summed E-state index contributed by atoms with van der Waals surface area (Å²) < 4.78 is 16.0. The molecule has 0 saturated heterocycles. The smallest absolute Gasteiger partial charge is 0.293 e. The van der Waals surface area contributed by atoms with Gasteiger partial charge in [0.25, 0.3) is 5.69 Å². The summed E-state index contributed by atoms with van der Waals surface area (Å²) in [6.07, 6.45) is 3.63. The van der Waals surface area contributed by atoms with E-state index in [1.54, 1.807) is 70.7 Å². The first-order chi connectivity index (χ1) is 12.4. The molecule has 26 heavy (non-hydrogen) atoms. The highest BCUT2D eigenvalue weighted by atomic mass is 16.6. The maximum absolute atomic E-state index is 11.3. The number of methoxy groups -OCH3 is 3. The Morgan fingerprint density at radius 1 is 0.923 bits per heavy atom. The van der Waals surface area contributed by atoms with Crippen LogP contribution in [0.5, 0.6) is 17.2 Å². The molecule has 138 valence electrons. The van der Waals surface area contributed by atoms with Crippen molar-refractivity contribution >= 4 is 23.5 Å². The van der Waals surface area contributed by atoms with Gasteiger partial charge in [0, 0.05) is 20.2 Å². The fourth-order valence-electron chi connectivity index (χ4n) is 2.56. The number of hydrogen-bond donors (Lipinski definition) is 0. The largest absolute Gasteiger partial charge is 0.493 e. The van der Waals surface area contributed by atoms with Gasteiger partial charge in [0.05, 0.1) is 26.3 Å². The van der Waals surface area contributed by atoms with Crippen molar-refractivity contribution in [3.63, 3.8) is 0 Å². The molecule has 7 heteroatoms. The molecule has 0 heterocycles. The highest BCUT2D eigenvalue weighted by Crippen LogP contribution is 2.38. The second-order valence-corrected chi connectivity index (χ2v) is 5.69. The van der Waals surface area contributed by atoms with Gasteiger partial charge in [0.1, 0.15) is 5.69 Å². The number of anilines is 1. The van der Waals surface area contributed by atoms with E-state index in [-0.39, 0.29) is 10.6 Å². The summed E-state index contributed by atoms with van der Waals surface area (Å²) >= 11 is 0. The third-order valence-corrected chi connectivity index (χ3v) is 3.83. The highest BCUT2D eigenvalue weighted by molar-refractivity contribution is 5.76. The van der Waals surface area contributed by atoms with Gasteiger partial charge in [0.15, 0.2) is 11.5 Å². The van der Waals surface area contributed by atoms with E-state index in [1.165, 1.54) is 0 Å². The molecule has 2 aromatic carbocycles. The van der Waals surface area contributed by atoms with Crippen molar-refractivity contribution in [2.24, 2.45) is 0 Å². The lowest BCUT2D eigenvalue weighted by Crippen LogP contribution is -2.10. The van der Waals surface area contributed by atoms with Crippen LogP contribution in [0.15, 0.2) is 30.3 Å². The summed E-state index contributed by atoms with van der Waals surface area (Å²) in [6.45, 7) is 0. The molecule has 0 aliphatic rings. The van der Waals surface area contributed by atoms with Crippen molar-refractivity contribution in [3.05, 3.63) is 51.6 Å². The zero-order valence-corrected chi connectivity index (χ0v) is 15.5. The van der Waals surface area contributed by atoms with E-state index in [0.29, 0.717) is 22.9 Å². The van der Waals surface area contributed by atoms with Crippen molar-refractivity contribution in [1.29, 1.82) is 0 Å². The highest BCUT2D eigenvalue weighted by Gasteiger charge is 2.15. The third-order valence-electron chi connectivity index (χ3n) is 3.83. The standard InChI is InChI=1S/C19H22N2O5/c1-20(2)15-9-8-13(10-16(15)21(22)23)6-7-14-11-17(24-3)19(26-5)18(12-14)25-4/h6-12H,1-5H3/b7-6-. The number of ether oxygens (including phenoxy) is 3. The van der Waals surface area contributed by atoms with Gasteiger partial charge in [-0.3, -0.25) is 10.1 Å². The lowest BCUT2D eigenvalue weighted by atomic mass is 10.1. The van der Waals surface area contributed by atoms with Crippen molar-refractivity contribution in [2.45, 2.75) is 0 Å². The number of hydrogen-bond acceptors (Lipinski definition) is 6. The van der Waals surface area contributed by atoms with Crippen molar-refractivity contribution in [3.8, 4) is 17.2 Å². The third kappa shape index (κ3) is 4.05. The number of nitro benzene ring substituents is 1. The molecule has 0 aliphatic heterocycles. The molecule has 0 fully saturated rings. The molecule has 0 spiro atoms. The normalized spacial score (nSPS) is 10.7. The topological polar surface area (TPSA) is 74.1 Å². The van der Waals surface area contributed by atoms with Gasteiger partial charge in [-0.05, 0) is 29.3 Å². The summed E-state index contributed by atoms with van der Waals surface area (Å²) in [6, 6.07) is 8.72. The molecule has 0 aliphatic carbocycles. The minimum atomic E-state index is -0.383. The summed E-state index contributed by atoms with van der Waals surface area (Å²) in [5.41, 5.74) is 2.15. The summed E-state index contributed by atoms with van der Waals surface area (Å²) in [5.74, 6) is 1.60. The van der Waals surface area contributed by atoms with Crippen LogP contribution in [0.2, 0.25) is 0 Å². The van der Waals surface area contributed by atoms with E-state index < -0.39 is 0 Å². The predicted octanol–water partition coefficient (Wildman–Crippen LogP) is 3.86. The van der Waals surface area contributed by atoms with Crippen molar-refractivity contribution in [1.82, 2.24) is 0 Å². The minimum Gasteiger partial charge on any atom is -0.493 e. The van der Waals surface area contributed by atoms with Gasteiger partial charge in [0.2, 0.25) is 5.75 Å².